The molecule has 0 bridgehead atoms. The number of halogens is 1. The maximum absolute atomic E-state index is 12.1. The van der Waals surface area contributed by atoms with E-state index in [0.717, 1.165) is 10.0 Å². The molecule has 6 heteroatoms. The zero-order valence-corrected chi connectivity index (χ0v) is 12.8. The van der Waals surface area contributed by atoms with E-state index in [2.05, 4.69) is 26.2 Å². The predicted octanol–water partition coefficient (Wildman–Crippen LogP) is 2.10. The third-order valence-corrected chi connectivity index (χ3v) is 3.44. The molecule has 0 aliphatic carbocycles. The van der Waals surface area contributed by atoms with Crippen LogP contribution in [0, 0.1) is 0 Å². The Morgan fingerprint density at radius 1 is 1.55 bits per heavy atom. The second-order valence-electron chi connectivity index (χ2n) is 4.54. The van der Waals surface area contributed by atoms with Gasteiger partial charge in [-0.3, -0.25) is 4.79 Å². The van der Waals surface area contributed by atoms with Crippen molar-refractivity contribution < 1.29 is 4.79 Å². The highest BCUT2D eigenvalue weighted by Gasteiger charge is 2.13. The van der Waals surface area contributed by atoms with E-state index in [0.29, 0.717) is 18.8 Å². The van der Waals surface area contributed by atoms with Crippen molar-refractivity contribution in [1.29, 1.82) is 0 Å². The smallest absolute Gasteiger partial charge is 0.271 e. The molecule has 1 amide bonds. The molecule has 1 atom stereocenters. The van der Waals surface area contributed by atoms with Crippen LogP contribution in [0.25, 0.3) is 0 Å². The number of aromatic nitrogens is 2. The molecular weight excluding hydrogens is 320 g/mol. The number of carbonyl (C=O) groups is 1. The van der Waals surface area contributed by atoms with Gasteiger partial charge in [-0.2, -0.15) is 0 Å². The molecule has 0 aliphatic rings. The molecule has 2 rings (SSSR count). The van der Waals surface area contributed by atoms with Crippen LogP contribution in [0.3, 0.4) is 0 Å². The molecule has 106 valence electrons. The standard InChI is InChI=1S/C14H17BrN4O/c1-10(11-3-2-4-12(15)7-11)18-14(20)13-8-19(6-5-16)9-17-13/h2-4,7-10H,5-6,16H2,1H3,(H,18,20)/t10-/m0/s1. The lowest BCUT2D eigenvalue weighted by molar-refractivity contribution is 0.0935. The summed E-state index contributed by atoms with van der Waals surface area (Å²) < 4.78 is 2.79. The van der Waals surface area contributed by atoms with Gasteiger partial charge >= 0.3 is 0 Å². The molecule has 1 aromatic carbocycles. The molecule has 0 fully saturated rings. The highest BCUT2D eigenvalue weighted by molar-refractivity contribution is 9.10. The molecule has 0 unspecified atom stereocenters. The molecular formula is C14H17BrN4O. The van der Waals surface area contributed by atoms with Gasteiger partial charge in [0.25, 0.3) is 5.91 Å². The first kappa shape index (κ1) is 14.7. The molecule has 1 heterocycles. The molecule has 0 radical (unpaired) electrons. The fourth-order valence-corrected chi connectivity index (χ4v) is 2.30. The van der Waals surface area contributed by atoms with Crippen LogP contribution in [-0.2, 0) is 6.54 Å². The first-order valence-electron chi connectivity index (χ1n) is 6.38. The van der Waals surface area contributed by atoms with Crippen LogP contribution < -0.4 is 11.1 Å². The average Bonchev–Trinajstić information content (AvgIpc) is 2.88. The van der Waals surface area contributed by atoms with Crippen molar-refractivity contribution in [3.8, 4) is 0 Å². The van der Waals surface area contributed by atoms with Crippen molar-refractivity contribution in [3.63, 3.8) is 0 Å². The predicted molar refractivity (Wildman–Crippen MR) is 81.3 cm³/mol. The monoisotopic (exact) mass is 336 g/mol. The van der Waals surface area contributed by atoms with E-state index in [1.54, 1.807) is 17.1 Å². The van der Waals surface area contributed by atoms with E-state index in [1.807, 2.05) is 31.2 Å². The third-order valence-electron chi connectivity index (χ3n) is 2.95. The van der Waals surface area contributed by atoms with Crippen LogP contribution in [0.2, 0.25) is 0 Å². The largest absolute Gasteiger partial charge is 0.344 e. The molecule has 0 saturated heterocycles. The van der Waals surface area contributed by atoms with Crippen LogP contribution in [0.5, 0.6) is 0 Å². The van der Waals surface area contributed by atoms with E-state index in [1.165, 1.54) is 0 Å². The van der Waals surface area contributed by atoms with Crippen LogP contribution in [0.1, 0.15) is 29.0 Å². The molecule has 0 saturated carbocycles. The normalized spacial score (nSPS) is 12.2. The lowest BCUT2D eigenvalue weighted by Crippen LogP contribution is -2.27. The minimum absolute atomic E-state index is 0.0836. The second kappa shape index (κ2) is 6.67. The summed E-state index contributed by atoms with van der Waals surface area (Å²) in [7, 11) is 0. The van der Waals surface area contributed by atoms with Gasteiger partial charge in [0.15, 0.2) is 0 Å². The van der Waals surface area contributed by atoms with Crippen LogP contribution in [-0.4, -0.2) is 22.0 Å². The lowest BCUT2D eigenvalue weighted by Gasteiger charge is -2.13. The van der Waals surface area contributed by atoms with E-state index >= 15 is 0 Å². The molecule has 0 aliphatic heterocycles. The third kappa shape index (κ3) is 3.68. The first-order chi connectivity index (χ1) is 9.60. The van der Waals surface area contributed by atoms with Gasteiger partial charge in [0.2, 0.25) is 0 Å². The Morgan fingerprint density at radius 2 is 2.35 bits per heavy atom. The number of hydrogen-bond acceptors (Lipinski definition) is 3. The summed E-state index contributed by atoms with van der Waals surface area (Å²) in [5.41, 5.74) is 6.90. The van der Waals surface area contributed by atoms with E-state index < -0.39 is 0 Å². The van der Waals surface area contributed by atoms with Gasteiger partial charge < -0.3 is 15.6 Å². The number of hydrogen-bond donors (Lipinski definition) is 2. The topological polar surface area (TPSA) is 72.9 Å². The summed E-state index contributed by atoms with van der Waals surface area (Å²) in [5, 5.41) is 2.93. The number of carbonyl (C=O) groups excluding carboxylic acids is 1. The van der Waals surface area contributed by atoms with Crippen molar-refractivity contribution >= 4 is 21.8 Å². The first-order valence-corrected chi connectivity index (χ1v) is 7.17. The number of rotatable bonds is 5. The van der Waals surface area contributed by atoms with E-state index in [4.69, 9.17) is 5.73 Å². The van der Waals surface area contributed by atoms with Gasteiger partial charge in [-0.1, -0.05) is 28.1 Å². The van der Waals surface area contributed by atoms with E-state index in [-0.39, 0.29) is 11.9 Å². The van der Waals surface area contributed by atoms with Crippen molar-refractivity contribution in [2.45, 2.75) is 19.5 Å². The summed E-state index contributed by atoms with van der Waals surface area (Å²) in [4.78, 5) is 16.2. The van der Waals surface area contributed by atoms with Gasteiger partial charge in [-0.25, -0.2) is 4.98 Å². The minimum atomic E-state index is -0.187. The average molecular weight is 337 g/mol. The van der Waals surface area contributed by atoms with Crippen molar-refractivity contribution in [3.05, 3.63) is 52.5 Å². The zero-order valence-electron chi connectivity index (χ0n) is 11.2. The molecule has 2 aromatic rings. The number of imidazole rings is 1. The summed E-state index contributed by atoms with van der Waals surface area (Å²) in [6, 6.07) is 7.77. The fraction of sp³-hybridized carbons (Fsp3) is 0.286. The van der Waals surface area contributed by atoms with Gasteiger partial charge in [-0.15, -0.1) is 0 Å². The number of benzene rings is 1. The number of nitrogens with zero attached hydrogens (tertiary/aromatic N) is 2. The second-order valence-corrected chi connectivity index (χ2v) is 5.45. The van der Waals surface area contributed by atoms with Gasteiger partial charge in [-0.05, 0) is 24.6 Å². The van der Waals surface area contributed by atoms with Gasteiger partial charge in [0.1, 0.15) is 5.69 Å². The quantitative estimate of drug-likeness (QED) is 0.878. The summed E-state index contributed by atoms with van der Waals surface area (Å²) in [5.74, 6) is -0.187. The van der Waals surface area contributed by atoms with Gasteiger partial charge in [0.05, 0.1) is 12.4 Å². The Balaban J connectivity index is 2.03. The molecule has 1 aromatic heterocycles. The highest BCUT2D eigenvalue weighted by Crippen LogP contribution is 2.18. The fourth-order valence-electron chi connectivity index (χ4n) is 1.88. The lowest BCUT2D eigenvalue weighted by atomic mass is 10.1. The number of nitrogens with two attached hydrogens (primary N) is 1. The maximum atomic E-state index is 12.1. The Hall–Kier alpha value is -1.66. The Morgan fingerprint density at radius 3 is 3.05 bits per heavy atom. The summed E-state index contributed by atoms with van der Waals surface area (Å²) >= 11 is 3.42. The molecule has 0 spiro atoms. The SMILES string of the molecule is C[C@H](NC(=O)c1cn(CCN)cn1)c1cccc(Br)c1. The Labute approximate surface area is 126 Å². The highest BCUT2D eigenvalue weighted by atomic mass is 79.9. The molecule has 20 heavy (non-hydrogen) atoms. The zero-order chi connectivity index (χ0) is 14.5. The summed E-state index contributed by atoms with van der Waals surface area (Å²) in [6.07, 6.45) is 3.32. The van der Waals surface area contributed by atoms with Crippen molar-refractivity contribution in [2.75, 3.05) is 6.54 Å². The molecule has 5 nitrogen and oxygen atoms in total. The van der Waals surface area contributed by atoms with Crippen LogP contribution in [0.4, 0.5) is 0 Å². The number of amides is 1. The Kier molecular flexibility index (Phi) is 4.92. The number of nitrogens with one attached hydrogen (secondary N) is 1. The van der Waals surface area contributed by atoms with E-state index in [9.17, 15) is 4.79 Å². The van der Waals surface area contributed by atoms with Gasteiger partial charge in [0, 0.05) is 23.8 Å². The van der Waals surface area contributed by atoms with Crippen molar-refractivity contribution in [1.82, 2.24) is 14.9 Å². The maximum Gasteiger partial charge on any atom is 0.271 e. The minimum Gasteiger partial charge on any atom is -0.344 e. The Bertz CT molecular complexity index is 596. The van der Waals surface area contributed by atoms with Crippen LogP contribution in [0.15, 0.2) is 41.3 Å². The molecule has 3 N–H and O–H groups in total. The summed E-state index contributed by atoms with van der Waals surface area (Å²) in [6.45, 7) is 3.11. The van der Waals surface area contributed by atoms with Crippen molar-refractivity contribution in [2.24, 2.45) is 5.73 Å². The van der Waals surface area contributed by atoms with Crippen LogP contribution >= 0.6 is 15.9 Å².